The monoisotopic (exact) mass is 437 g/mol. The van der Waals surface area contributed by atoms with Gasteiger partial charge in [0.1, 0.15) is 17.1 Å². The lowest BCUT2D eigenvalue weighted by Crippen LogP contribution is -2.08. The van der Waals surface area contributed by atoms with Gasteiger partial charge in [-0.1, -0.05) is 36.4 Å². The second-order valence-corrected chi connectivity index (χ2v) is 6.79. The fourth-order valence-corrected chi connectivity index (χ4v) is 3.09. The van der Waals surface area contributed by atoms with Crippen LogP contribution >= 0.6 is 0 Å². The predicted molar refractivity (Wildman–Crippen MR) is 114 cm³/mol. The van der Waals surface area contributed by atoms with Gasteiger partial charge in [-0.3, -0.25) is 4.98 Å². The smallest absolute Gasteiger partial charge is 0.416 e. The van der Waals surface area contributed by atoms with Crippen molar-refractivity contribution in [3.63, 3.8) is 0 Å². The van der Waals surface area contributed by atoms with Gasteiger partial charge in [-0.2, -0.15) is 13.2 Å². The first kappa shape index (κ1) is 21.2. The molecule has 0 aliphatic carbocycles. The first-order valence-electron chi connectivity index (χ1n) is 9.65. The lowest BCUT2D eigenvalue weighted by Gasteiger charge is -2.14. The number of nitrogens with one attached hydrogen (secondary N) is 1. The fourth-order valence-electron chi connectivity index (χ4n) is 3.09. The van der Waals surface area contributed by atoms with E-state index in [1.54, 1.807) is 31.5 Å². The second kappa shape index (κ2) is 9.01. The number of para-hydroxylation sites is 1. The first-order chi connectivity index (χ1) is 15.5. The number of methoxy groups -OCH3 is 1. The lowest BCUT2D eigenvalue weighted by molar-refractivity contribution is -0.137. The second-order valence-electron chi connectivity index (χ2n) is 6.79. The molecule has 162 valence electrons. The number of hydrogen-bond donors (Lipinski definition) is 1. The number of aromatic nitrogens is 4. The molecule has 32 heavy (non-hydrogen) atoms. The maximum absolute atomic E-state index is 13.0. The minimum absolute atomic E-state index is 0.295. The van der Waals surface area contributed by atoms with Crippen molar-refractivity contribution in [3.8, 4) is 28.5 Å². The number of halogens is 3. The molecule has 9 heteroatoms. The molecule has 1 N–H and O–H groups in total. The Morgan fingerprint density at radius 3 is 2.34 bits per heavy atom. The number of hydrogen-bond acceptors (Lipinski definition) is 6. The molecule has 0 spiro atoms. The van der Waals surface area contributed by atoms with Gasteiger partial charge in [-0.25, -0.2) is 4.98 Å². The molecule has 6 nitrogen and oxygen atoms in total. The first-order valence-corrected chi connectivity index (χ1v) is 9.65. The Kier molecular flexibility index (Phi) is 5.98. The molecule has 2 heterocycles. The summed E-state index contributed by atoms with van der Waals surface area (Å²) in [5.41, 5.74) is 1.45. The van der Waals surface area contributed by atoms with Crippen molar-refractivity contribution in [2.45, 2.75) is 12.7 Å². The van der Waals surface area contributed by atoms with Gasteiger partial charge in [-0.05, 0) is 30.3 Å². The number of nitrogens with zero attached hydrogens (tertiary/aromatic N) is 4. The molecule has 0 bridgehead atoms. The molecular formula is C23H18F3N5O. The van der Waals surface area contributed by atoms with Crippen LogP contribution < -0.4 is 10.1 Å². The van der Waals surface area contributed by atoms with E-state index in [-0.39, 0.29) is 0 Å². The number of pyridine rings is 1. The average molecular weight is 437 g/mol. The number of alkyl halides is 3. The molecule has 4 aromatic rings. The van der Waals surface area contributed by atoms with Crippen molar-refractivity contribution in [2.75, 3.05) is 12.4 Å². The van der Waals surface area contributed by atoms with Gasteiger partial charge in [0.2, 0.25) is 5.82 Å². The molecule has 0 radical (unpaired) electrons. The molecular weight excluding hydrogens is 419 g/mol. The zero-order chi connectivity index (χ0) is 22.6. The quantitative estimate of drug-likeness (QED) is 0.445. The average Bonchev–Trinajstić information content (AvgIpc) is 2.83. The van der Waals surface area contributed by atoms with Gasteiger partial charge in [0.15, 0.2) is 5.82 Å². The topological polar surface area (TPSA) is 72.8 Å². The predicted octanol–water partition coefficient (Wildman–Crippen LogP) is 5.24. The Labute approximate surface area is 182 Å². The summed E-state index contributed by atoms with van der Waals surface area (Å²) in [4.78, 5) is 8.79. The molecule has 0 amide bonds. The third-order valence-electron chi connectivity index (χ3n) is 4.71. The van der Waals surface area contributed by atoms with E-state index in [0.29, 0.717) is 40.9 Å². The van der Waals surface area contributed by atoms with Crippen molar-refractivity contribution in [1.29, 1.82) is 0 Å². The molecule has 0 aliphatic rings. The van der Waals surface area contributed by atoms with Gasteiger partial charge in [0, 0.05) is 23.9 Å². The van der Waals surface area contributed by atoms with Crippen LogP contribution in [0, 0.1) is 0 Å². The third kappa shape index (κ3) is 4.66. The van der Waals surface area contributed by atoms with Crippen LogP contribution in [-0.2, 0) is 12.7 Å². The van der Waals surface area contributed by atoms with Gasteiger partial charge < -0.3 is 10.1 Å². The minimum atomic E-state index is -4.42. The van der Waals surface area contributed by atoms with Gasteiger partial charge in [0.05, 0.1) is 12.7 Å². The summed E-state index contributed by atoms with van der Waals surface area (Å²) in [6.45, 7) is 0.359. The molecule has 4 rings (SSSR count). The van der Waals surface area contributed by atoms with Gasteiger partial charge >= 0.3 is 6.18 Å². The summed E-state index contributed by atoms with van der Waals surface area (Å²) in [5.74, 6) is 1.36. The van der Waals surface area contributed by atoms with Crippen LogP contribution in [0.15, 0.2) is 72.9 Å². The van der Waals surface area contributed by atoms with Crippen LogP contribution in [0.25, 0.3) is 22.8 Å². The zero-order valence-electron chi connectivity index (χ0n) is 17.0. The highest BCUT2D eigenvalue weighted by Crippen LogP contribution is 2.32. The minimum Gasteiger partial charge on any atom is -0.496 e. The van der Waals surface area contributed by atoms with E-state index >= 15 is 0 Å². The molecule has 0 saturated carbocycles. The Hall–Kier alpha value is -4.01. The number of ether oxygens (including phenoxy) is 1. The van der Waals surface area contributed by atoms with E-state index in [0.717, 1.165) is 17.7 Å². The van der Waals surface area contributed by atoms with E-state index in [1.807, 2.05) is 24.3 Å². The Morgan fingerprint density at radius 1 is 0.906 bits per heavy atom. The Morgan fingerprint density at radius 2 is 1.66 bits per heavy atom. The van der Waals surface area contributed by atoms with Crippen LogP contribution in [0.3, 0.4) is 0 Å². The summed E-state index contributed by atoms with van der Waals surface area (Å²) in [6.07, 6.45) is -2.80. The van der Waals surface area contributed by atoms with E-state index in [4.69, 9.17) is 4.74 Å². The maximum atomic E-state index is 13.0. The molecule has 2 aromatic heterocycles. The molecule has 0 fully saturated rings. The van der Waals surface area contributed by atoms with E-state index < -0.39 is 11.7 Å². The lowest BCUT2D eigenvalue weighted by atomic mass is 10.1. The van der Waals surface area contributed by atoms with Crippen LogP contribution in [0.2, 0.25) is 0 Å². The number of benzene rings is 2. The van der Waals surface area contributed by atoms with Crippen molar-refractivity contribution >= 4 is 5.82 Å². The van der Waals surface area contributed by atoms with E-state index in [1.165, 1.54) is 12.1 Å². The molecule has 0 aliphatic heterocycles. The Bertz CT molecular complexity index is 1200. The highest BCUT2D eigenvalue weighted by molar-refractivity contribution is 5.72. The van der Waals surface area contributed by atoms with Gasteiger partial charge in [0.25, 0.3) is 0 Å². The standard InChI is InChI=1S/C23H18F3N5O/c1-32-19-8-3-2-6-16(19)14-28-22-20(15-9-11-17(12-10-15)23(24,25)26)30-31-21(29-22)18-7-4-5-13-27-18/h2-13H,14H2,1H3,(H,28,29,31). The van der Waals surface area contributed by atoms with Crippen molar-refractivity contribution in [1.82, 2.24) is 20.2 Å². The van der Waals surface area contributed by atoms with Crippen LogP contribution in [0.5, 0.6) is 5.75 Å². The van der Waals surface area contributed by atoms with Crippen LogP contribution in [-0.4, -0.2) is 27.3 Å². The number of anilines is 1. The molecule has 0 unspecified atom stereocenters. The molecule has 0 atom stereocenters. The largest absolute Gasteiger partial charge is 0.496 e. The van der Waals surface area contributed by atoms with Crippen LogP contribution in [0.4, 0.5) is 19.0 Å². The molecule has 2 aromatic carbocycles. The highest BCUT2D eigenvalue weighted by Gasteiger charge is 2.30. The maximum Gasteiger partial charge on any atom is 0.416 e. The molecule has 0 saturated heterocycles. The van der Waals surface area contributed by atoms with E-state index in [2.05, 4.69) is 25.5 Å². The third-order valence-corrected chi connectivity index (χ3v) is 4.71. The highest BCUT2D eigenvalue weighted by atomic mass is 19.4. The summed E-state index contributed by atoms with van der Waals surface area (Å²) < 4.78 is 44.2. The normalized spacial score (nSPS) is 11.2. The number of rotatable bonds is 6. The van der Waals surface area contributed by atoms with Crippen molar-refractivity contribution in [3.05, 3.63) is 84.1 Å². The zero-order valence-corrected chi connectivity index (χ0v) is 17.0. The summed E-state index contributed by atoms with van der Waals surface area (Å²) in [5, 5.41) is 11.6. The summed E-state index contributed by atoms with van der Waals surface area (Å²) >= 11 is 0. The van der Waals surface area contributed by atoms with Crippen LogP contribution in [0.1, 0.15) is 11.1 Å². The summed E-state index contributed by atoms with van der Waals surface area (Å²) in [6, 6.07) is 17.5. The van der Waals surface area contributed by atoms with Crippen molar-refractivity contribution in [2.24, 2.45) is 0 Å². The summed E-state index contributed by atoms with van der Waals surface area (Å²) in [7, 11) is 1.58. The van der Waals surface area contributed by atoms with Gasteiger partial charge in [-0.15, -0.1) is 10.2 Å². The van der Waals surface area contributed by atoms with E-state index in [9.17, 15) is 13.2 Å². The SMILES string of the molecule is COc1ccccc1CNc1nc(-c2ccccn2)nnc1-c1ccc(C(F)(F)F)cc1. The fraction of sp³-hybridized carbons (Fsp3) is 0.130. The Balaban J connectivity index is 1.72. The van der Waals surface area contributed by atoms with Crippen molar-refractivity contribution < 1.29 is 17.9 Å².